The first-order valence-corrected chi connectivity index (χ1v) is 6.79. The highest BCUT2D eigenvalue weighted by Crippen LogP contribution is 2.23. The molecule has 1 heterocycles. The minimum Gasteiger partial charge on any atom is -0.366 e. The van der Waals surface area contributed by atoms with Crippen molar-refractivity contribution in [1.82, 2.24) is 10.6 Å². The van der Waals surface area contributed by atoms with Crippen LogP contribution in [0.4, 0.5) is 5.69 Å². The van der Waals surface area contributed by atoms with Gasteiger partial charge in [-0.1, -0.05) is 0 Å². The Morgan fingerprint density at radius 3 is 2.55 bits per heavy atom. The molecule has 2 rings (SSSR count). The number of carbonyl (C=O) groups is 1. The fraction of sp³-hybridized carbons (Fsp3) is 0.500. The summed E-state index contributed by atoms with van der Waals surface area (Å²) < 4.78 is 5.41. The number of amides is 1. The maximum atomic E-state index is 12.2. The summed E-state index contributed by atoms with van der Waals surface area (Å²) in [5, 5.41) is 16.7. The van der Waals surface area contributed by atoms with Gasteiger partial charge in [-0.25, -0.2) is 0 Å². The van der Waals surface area contributed by atoms with Crippen LogP contribution >= 0.6 is 12.4 Å². The number of nitro benzene ring substituents is 1. The molecule has 0 radical (unpaired) electrons. The molecule has 2 N–H and O–H groups in total. The smallest absolute Gasteiger partial charge is 0.269 e. The molecule has 0 bridgehead atoms. The molecule has 22 heavy (non-hydrogen) atoms. The van der Waals surface area contributed by atoms with Crippen molar-refractivity contribution in [3.05, 3.63) is 39.9 Å². The standard InChI is InChI=1S/C14H19N3O4.ClH/c1-14(2,10-3-5-11(6-4-10)17(19)20)16-13(18)12-9-15-7-8-21-12;/h3-6,12,15H,7-9H2,1-2H3,(H,16,18);1H. The van der Waals surface area contributed by atoms with Gasteiger partial charge in [0.15, 0.2) is 0 Å². The van der Waals surface area contributed by atoms with Crippen molar-refractivity contribution in [3.8, 4) is 0 Å². The van der Waals surface area contributed by atoms with Crippen LogP contribution in [0.2, 0.25) is 0 Å². The fourth-order valence-electron chi connectivity index (χ4n) is 2.19. The van der Waals surface area contributed by atoms with Crippen molar-refractivity contribution in [3.63, 3.8) is 0 Å². The highest BCUT2D eigenvalue weighted by atomic mass is 35.5. The zero-order chi connectivity index (χ0) is 15.5. The van der Waals surface area contributed by atoms with Gasteiger partial charge in [-0.05, 0) is 31.5 Å². The number of hydrogen-bond donors (Lipinski definition) is 2. The van der Waals surface area contributed by atoms with Gasteiger partial charge in [-0.2, -0.15) is 0 Å². The lowest BCUT2D eigenvalue weighted by atomic mass is 9.93. The van der Waals surface area contributed by atoms with Crippen LogP contribution in [0.1, 0.15) is 19.4 Å². The van der Waals surface area contributed by atoms with E-state index in [4.69, 9.17) is 4.74 Å². The maximum absolute atomic E-state index is 12.2. The van der Waals surface area contributed by atoms with Crippen molar-refractivity contribution in [1.29, 1.82) is 0 Å². The lowest BCUT2D eigenvalue weighted by Crippen LogP contribution is -2.52. The highest BCUT2D eigenvalue weighted by molar-refractivity contribution is 5.85. The van der Waals surface area contributed by atoms with Crippen molar-refractivity contribution in [2.24, 2.45) is 0 Å². The summed E-state index contributed by atoms with van der Waals surface area (Å²) in [5.74, 6) is -0.189. The average molecular weight is 330 g/mol. The second kappa shape index (κ2) is 7.53. The van der Waals surface area contributed by atoms with Crippen LogP contribution in [0, 0.1) is 10.1 Å². The molecule has 1 unspecified atom stereocenters. The molecule has 1 fully saturated rings. The van der Waals surface area contributed by atoms with Gasteiger partial charge in [0.05, 0.1) is 17.1 Å². The van der Waals surface area contributed by atoms with Gasteiger partial charge in [0.25, 0.3) is 11.6 Å². The lowest BCUT2D eigenvalue weighted by Gasteiger charge is -2.30. The molecule has 1 aliphatic rings. The summed E-state index contributed by atoms with van der Waals surface area (Å²) in [5.41, 5.74) is 0.193. The Kier molecular flexibility index (Phi) is 6.28. The highest BCUT2D eigenvalue weighted by Gasteiger charge is 2.29. The monoisotopic (exact) mass is 329 g/mol. The second-order valence-electron chi connectivity index (χ2n) is 5.48. The number of benzene rings is 1. The molecular weight excluding hydrogens is 310 g/mol. The molecule has 1 saturated heterocycles. The largest absolute Gasteiger partial charge is 0.366 e. The lowest BCUT2D eigenvalue weighted by molar-refractivity contribution is -0.384. The van der Waals surface area contributed by atoms with E-state index in [1.54, 1.807) is 12.1 Å². The first-order chi connectivity index (χ1) is 9.90. The number of nitrogens with zero attached hydrogens (tertiary/aromatic N) is 1. The molecule has 0 spiro atoms. The summed E-state index contributed by atoms with van der Waals surface area (Å²) in [4.78, 5) is 22.4. The third kappa shape index (κ3) is 4.40. The topological polar surface area (TPSA) is 93.5 Å². The molecule has 7 nitrogen and oxygen atoms in total. The van der Waals surface area contributed by atoms with Gasteiger partial charge in [0, 0.05) is 25.2 Å². The number of non-ortho nitro benzene ring substituents is 1. The number of hydrogen-bond acceptors (Lipinski definition) is 5. The molecule has 122 valence electrons. The van der Waals surface area contributed by atoms with Gasteiger partial charge in [0.2, 0.25) is 0 Å². The predicted molar refractivity (Wildman–Crippen MR) is 84.1 cm³/mol. The van der Waals surface area contributed by atoms with E-state index in [2.05, 4.69) is 10.6 Å². The van der Waals surface area contributed by atoms with Crippen LogP contribution in [-0.2, 0) is 15.1 Å². The van der Waals surface area contributed by atoms with Crippen LogP contribution in [-0.4, -0.2) is 36.6 Å². The van der Waals surface area contributed by atoms with Gasteiger partial charge in [0.1, 0.15) is 6.10 Å². The van der Waals surface area contributed by atoms with E-state index >= 15 is 0 Å². The summed E-state index contributed by atoms with van der Waals surface area (Å²) in [7, 11) is 0. The number of nitro groups is 1. The fourth-order valence-corrected chi connectivity index (χ4v) is 2.19. The SMILES string of the molecule is CC(C)(NC(=O)C1CNCCO1)c1ccc([N+](=O)[O-])cc1.Cl. The number of rotatable bonds is 4. The van der Waals surface area contributed by atoms with Crippen molar-refractivity contribution in [2.45, 2.75) is 25.5 Å². The van der Waals surface area contributed by atoms with E-state index in [1.165, 1.54) is 12.1 Å². The van der Waals surface area contributed by atoms with Crippen LogP contribution in [0.3, 0.4) is 0 Å². The number of ether oxygens (including phenoxy) is 1. The Morgan fingerprint density at radius 1 is 1.41 bits per heavy atom. The number of halogens is 1. The van der Waals surface area contributed by atoms with Crippen molar-refractivity contribution in [2.75, 3.05) is 19.7 Å². The molecule has 8 heteroatoms. The van der Waals surface area contributed by atoms with E-state index in [1.807, 2.05) is 13.8 Å². The van der Waals surface area contributed by atoms with Crippen LogP contribution < -0.4 is 10.6 Å². The van der Waals surface area contributed by atoms with E-state index in [0.717, 1.165) is 12.1 Å². The second-order valence-corrected chi connectivity index (χ2v) is 5.48. The molecule has 0 aromatic heterocycles. The van der Waals surface area contributed by atoms with E-state index in [9.17, 15) is 14.9 Å². The van der Waals surface area contributed by atoms with Crippen LogP contribution in [0.15, 0.2) is 24.3 Å². The van der Waals surface area contributed by atoms with Gasteiger partial charge in [-0.3, -0.25) is 14.9 Å². The van der Waals surface area contributed by atoms with Crippen molar-refractivity contribution < 1.29 is 14.5 Å². The van der Waals surface area contributed by atoms with Gasteiger partial charge < -0.3 is 15.4 Å². The summed E-state index contributed by atoms with van der Waals surface area (Å²) in [6, 6.07) is 6.17. The Labute approximate surface area is 135 Å². The average Bonchev–Trinajstić information content (AvgIpc) is 2.48. The molecule has 1 atom stereocenters. The van der Waals surface area contributed by atoms with Crippen molar-refractivity contribution >= 4 is 24.0 Å². The Hall–Kier alpha value is -1.70. The van der Waals surface area contributed by atoms with Crippen LogP contribution in [0.25, 0.3) is 0 Å². The third-order valence-corrected chi connectivity index (χ3v) is 3.46. The van der Waals surface area contributed by atoms with Crippen LogP contribution in [0.5, 0.6) is 0 Å². The minimum atomic E-state index is -0.632. The Balaban J connectivity index is 0.00000242. The molecular formula is C14H20ClN3O4. The molecule has 1 aliphatic heterocycles. The van der Waals surface area contributed by atoms with Gasteiger partial charge >= 0.3 is 0 Å². The zero-order valence-corrected chi connectivity index (χ0v) is 13.3. The molecule has 0 aliphatic carbocycles. The normalized spacial score (nSPS) is 18.2. The number of morpholine rings is 1. The third-order valence-electron chi connectivity index (χ3n) is 3.46. The molecule has 0 saturated carbocycles. The Bertz CT molecular complexity index is 527. The number of nitrogens with one attached hydrogen (secondary N) is 2. The summed E-state index contributed by atoms with van der Waals surface area (Å²) >= 11 is 0. The van der Waals surface area contributed by atoms with E-state index < -0.39 is 16.6 Å². The number of carbonyl (C=O) groups excluding carboxylic acids is 1. The molecule has 1 aromatic carbocycles. The summed E-state index contributed by atoms with van der Waals surface area (Å²) in [6.45, 7) is 5.44. The first-order valence-electron chi connectivity index (χ1n) is 6.79. The molecule has 1 amide bonds. The quantitative estimate of drug-likeness (QED) is 0.642. The van der Waals surface area contributed by atoms with Gasteiger partial charge in [-0.15, -0.1) is 12.4 Å². The minimum absolute atomic E-state index is 0. The summed E-state index contributed by atoms with van der Waals surface area (Å²) in [6.07, 6.45) is -0.504. The van der Waals surface area contributed by atoms with E-state index in [0.29, 0.717) is 13.2 Å². The molecule has 1 aromatic rings. The van der Waals surface area contributed by atoms with E-state index in [-0.39, 0.29) is 24.0 Å². The zero-order valence-electron chi connectivity index (χ0n) is 12.5. The maximum Gasteiger partial charge on any atom is 0.269 e. The first kappa shape index (κ1) is 18.3. The Morgan fingerprint density at radius 2 is 2.05 bits per heavy atom. The predicted octanol–water partition coefficient (Wildman–Crippen LogP) is 1.36.